The van der Waals surface area contributed by atoms with E-state index in [2.05, 4.69) is 0 Å². The highest BCUT2D eigenvalue weighted by Gasteiger charge is 2.16. The SMILES string of the molecule is COCc1cccc(C(=O)OCC2CCCOC2)c1. The molecule has 1 aromatic carbocycles. The highest BCUT2D eigenvalue weighted by atomic mass is 16.5. The Morgan fingerprint density at radius 1 is 1.47 bits per heavy atom. The molecule has 0 aromatic heterocycles. The van der Waals surface area contributed by atoms with Crippen LogP contribution in [0.2, 0.25) is 0 Å². The summed E-state index contributed by atoms with van der Waals surface area (Å²) in [5.41, 5.74) is 1.55. The molecule has 0 radical (unpaired) electrons. The summed E-state index contributed by atoms with van der Waals surface area (Å²) >= 11 is 0. The number of hydrogen-bond acceptors (Lipinski definition) is 4. The second-order valence-electron chi connectivity index (χ2n) is 4.82. The van der Waals surface area contributed by atoms with Crippen molar-refractivity contribution in [2.24, 2.45) is 5.92 Å². The van der Waals surface area contributed by atoms with Gasteiger partial charge in [0.1, 0.15) is 0 Å². The predicted octanol–water partition coefficient (Wildman–Crippen LogP) is 2.42. The van der Waals surface area contributed by atoms with Gasteiger partial charge < -0.3 is 14.2 Å². The van der Waals surface area contributed by atoms with Crippen molar-refractivity contribution in [2.75, 3.05) is 26.9 Å². The van der Waals surface area contributed by atoms with Crippen molar-refractivity contribution in [3.63, 3.8) is 0 Å². The molecule has 1 aliphatic rings. The predicted molar refractivity (Wildman–Crippen MR) is 71.0 cm³/mol. The number of carbonyl (C=O) groups is 1. The first-order valence-corrected chi connectivity index (χ1v) is 6.62. The van der Waals surface area contributed by atoms with E-state index >= 15 is 0 Å². The Hall–Kier alpha value is -1.39. The fourth-order valence-electron chi connectivity index (χ4n) is 2.17. The van der Waals surface area contributed by atoms with Gasteiger partial charge in [-0.3, -0.25) is 0 Å². The van der Waals surface area contributed by atoms with E-state index in [-0.39, 0.29) is 5.97 Å². The third-order valence-corrected chi connectivity index (χ3v) is 3.18. The molecule has 0 aliphatic carbocycles. The molecule has 0 saturated carbocycles. The molecule has 4 heteroatoms. The van der Waals surface area contributed by atoms with Gasteiger partial charge in [0, 0.05) is 19.6 Å². The van der Waals surface area contributed by atoms with Gasteiger partial charge >= 0.3 is 5.97 Å². The monoisotopic (exact) mass is 264 g/mol. The van der Waals surface area contributed by atoms with Gasteiger partial charge in [-0.1, -0.05) is 12.1 Å². The lowest BCUT2D eigenvalue weighted by Crippen LogP contribution is -2.23. The largest absolute Gasteiger partial charge is 0.462 e. The van der Waals surface area contributed by atoms with E-state index in [1.54, 1.807) is 13.2 Å². The molecule has 0 N–H and O–H groups in total. The minimum absolute atomic E-state index is 0.275. The Morgan fingerprint density at radius 2 is 2.37 bits per heavy atom. The molecule has 1 unspecified atom stereocenters. The molecule has 1 saturated heterocycles. The summed E-state index contributed by atoms with van der Waals surface area (Å²) in [7, 11) is 1.63. The molecule has 1 aliphatic heterocycles. The highest BCUT2D eigenvalue weighted by molar-refractivity contribution is 5.89. The molecule has 19 heavy (non-hydrogen) atoms. The van der Waals surface area contributed by atoms with Crippen LogP contribution in [0.4, 0.5) is 0 Å². The zero-order chi connectivity index (χ0) is 13.5. The van der Waals surface area contributed by atoms with Gasteiger partial charge in [-0.15, -0.1) is 0 Å². The van der Waals surface area contributed by atoms with Crippen LogP contribution in [0.15, 0.2) is 24.3 Å². The molecule has 104 valence electrons. The maximum absolute atomic E-state index is 11.9. The van der Waals surface area contributed by atoms with Crippen LogP contribution in [0.1, 0.15) is 28.8 Å². The Bertz CT molecular complexity index is 410. The molecular formula is C15H20O4. The summed E-state index contributed by atoms with van der Waals surface area (Å²) in [4.78, 5) is 11.9. The van der Waals surface area contributed by atoms with E-state index in [1.807, 2.05) is 18.2 Å². The first kappa shape index (κ1) is 14.0. The number of ether oxygens (including phenoxy) is 3. The molecule has 2 rings (SSSR count). The first-order chi connectivity index (χ1) is 9.29. The average molecular weight is 264 g/mol. The van der Waals surface area contributed by atoms with E-state index in [0.29, 0.717) is 31.3 Å². The third kappa shape index (κ3) is 4.33. The quantitative estimate of drug-likeness (QED) is 0.766. The van der Waals surface area contributed by atoms with Crippen molar-refractivity contribution in [1.29, 1.82) is 0 Å². The minimum Gasteiger partial charge on any atom is -0.462 e. The standard InChI is InChI=1S/C15H20O4/c1-17-9-12-4-2-6-14(8-12)15(16)19-11-13-5-3-7-18-10-13/h2,4,6,8,13H,3,5,7,9-11H2,1H3. The van der Waals surface area contributed by atoms with E-state index < -0.39 is 0 Å². The topological polar surface area (TPSA) is 44.8 Å². The fourth-order valence-corrected chi connectivity index (χ4v) is 2.17. The molecule has 1 heterocycles. The lowest BCUT2D eigenvalue weighted by Gasteiger charge is -2.21. The molecular weight excluding hydrogens is 244 g/mol. The van der Waals surface area contributed by atoms with E-state index in [1.165, 1.54) is 0 Å². The zero-order valence-corrected chi connectivity index (χ0v) is 11.3. The third-order valence-electron chi connectivity index (χ3n) is 3.18. The Morgan fingerprint density at radius 3 is 3.11 bits per heavy atom. The molecule has 1 atom stereocenters. The lowest BCUT2D eigenvalue weighted by atomic mass is 10.0. The van der Waals surface area contributed by atoms with Crippen LogP contribution in [0, 0.1) is 5.92 Å². The van der Waals surface area contributed by atoms with Crippen LogP contribution < -0.4 is 0 Å². The Balaban J connectivity index is 1.86. The van der Waals surface area contributed by atoms with Crippen molar-refractivity contribution in [3.8, 4) is 0 Å². The summed E-state index contributed by atoms with van der Waals surface area (Å²) in [6.45, 7) is 2.45. The van der Waals surface area contributed by atoms with Gasteiger partial charge in [0.05, 0.1) is 25.4 Å². The maximum atomic E-state index is 11.9. The summed E-state index contributed by atoms with van der Waals surface area (Å²) in [5, 5.41) is 0. The Kier molecular flexibility index (Phi) is 5.36. The first-order valence-electron chi connectivity index (χ1n) is 6.62. The number of benzene rings is 1. The highest BCUT2D eigenvalue weighted by Crippen LogP contribution is 2.15. The summed E-state index contributed by atoms with van der Waals surface area (Å²) in [6, 6.07) is 7.34. The van der Waals surface area contributed by atoms with Gasteiger partial charge in [0.15, 0.2) is 0 Å². The molecule has 1 aromatic rings. The summed E-state index contributed by atoms with van der Waals surface area (Å²) < 4.78 is 15.8. The van der Waals surface area contributed by atoms with Crippen LogP contribution in [0.5, 0.6) is 0 Å². The van der Waals surface area contributed by atoms with Crippen LogP contribution >= 0.6 is 0 Å². The van der Waals surface area contributed by atoms with Crippen LogP contribution in [-0.4, -0.2) is 32.9 Å². The van der Waals surface area contributed by atoms with E-state index in [9.17, 15) is 4.79 Å². The van der Waals surface area contributed by atoms with Crippen molar-refractivity contribution in [3.05, 3.63) is 35.4 Å². The number of rotatable bonds is 5. The van der Waals surface area contributed by atoms with Crippen LogP contribution in [0.25, 0.3) is 0 Å². The van der Waals surface area contributed by atoms with Gasteiger partial charge in [-0.2, -0.15) is 0 Å². The zero-order valence-electron chi connectivity index (χ0n) is 11.3. The number of methoxy groups -OCH3 is 1. The van der Waals surface area contributed by atoms with Crippen molar-refractivity contribution in [1.82, 2.24) is 0 Å². The molecule has 4 nitrogen and oxygen atoms in total. The average Bonchev–Trinajstić information content (AvgIpc) is 2.46. The molecule has 0 amide bonds. The maximum Gasteiger partial charge on any atom is 0.338 e. The summed E-state index contributed by atoms with van der Waals surface area (Å²) in [5.74, 6) is 0.0587. The van der Waals surface area contributed by atoms with Crippen molar-refractivity contribution >= 4 is 5.97 Å². The number of esters is 1. The van der Waals surface area contributed by atoms with E-state index in [4.69, 9.17) is 14.2 Å². The van der Waals surface area contributed by atoms with Gasteiger partial charge in [-0.25, -0.2) is 4.79 Å². The number of carbonyl (C=O) groups excluding carboxylic acids is 1. The van der Waals surface area contributed by atoms with Crippen molar-refractivity contribution in [2.45, 2.75) is 19.4 Å². The van der Waals surface area contributed by atoms with Crippen LogP contribution in [-0.2, 0) is 20.8 Å². The number of hydrogen-bond donors (Lipinski definition) is 0. The lowest BCUT2D eigenvalue weighted by molar-refractivity contribution is 0.00858. The van der Waals surface area contributed by atoms with Crippen molar-refractivity contribution < 1.29 is 19.0 Å². The van der Waals surface area contributed by atoms with Crippen LogP contribution in [0.3, 0.4) is 0 Å². The second-order valence-corrected chi connectivity index (χ2v) is 4.82. The van der Waals surface area contributed by atoms with E-state index in [0.717, 1.165) is 25.0 Å². The van der Waals surface area contributed by atoms with Gasteiger partial charge in [0.25, 0.3) is 0 Å². The normalized spacial score (nSPS) is 19.1. The molecule has 0 spiro atoms. The Labute approximate surface area is 113 Å². The summed E-state index contributed by atoms with van der Waals surface area (Å²) in [6.07, 6.45) is 2.11. The molecule has 1 fully saturated rings. The fraction of sp³-hybridized carbons (Fsp3) is 0.533. The minimum atomic E-state index is -0.275. The second kappa shape index (κ2) is 7.26. The smallest absolute Gasteiger partial charge is 0.338 e. The molecule has 0 bridgehead atoms. The van der Waals surface area contributed by atoms with Gasteiger partial charge in [0.2, 0.25) is 0 Å². The van der Waals surface area contributed by atoms with Gasteiger partial charge in [-0.05, 0) is 30.5 Å².